The largest absolute Gasteiger partial charge is 0.458 e. The van der Waals surface area contributed by atoms with Crippen molar-refractivity contribution < 1.29 is 9.53 Å². The minimum absolute atomic E-state index is 0.0928. The maximum Gasteiger partial charge on any atom is 0.306 e. The molecule has 0 heterocycles. The third kappa shape index (κ3) is 2.78. The van der Waals surface area contributed by atoms with E-state index in [1.54, 1.807) is 6.92 Å². The number of rotatable bonds is 7. The summed E-state index contributed by atoms with van der Waals surface area (Å²) in [5.41, 5.74) is 8.03. The van der Waals surface area contributed by atoms with Gasteiger partial charge in [0.2, 0.25) is 0 Å². The van der Waals surface area contributed by atoms with Crippen LogP contribution < -0.4 is 0 Å². The lowest BCUT2D eigenvalue weighted by molar-refractivity contribution is -0.154. The first-order valence-corrected chi connectivity index (χ1v) is 6.69. The molecule has 0 N–H and O–H groups in total. The van der Waals surface area contributed by atoms with Crippen LogP contribution in [0.4, 0.5) is 0 Å². The zero-order chi connectivity index (χ0) is 13.8. The fourth-order valence-corrected chi connectivity index (χ4v) is 2.54. The fourth-order valence-electron chi connectivity index (χ4n) is 2.54. The van der Waals surface area contributed by atoms with E-state index in [4.69, 9.17) is 10.3 Å². The summed E-state index contributed by atoms with van der Waals surface area (Å²) in [5.74, 6) is -0.213. The maximum absolute atomic E-state index is 11.6. The molecule has 0 radical (unpaired) electrons. The van der Waals surface area contributed by atoms with Crippen molar-refractivity contribution in [1.29, 1.82) is 0 Å². The summed E-state index contributed by atoms with van der Waals surface area (Å²) in [7, 11) is 0. The molecular formula is C13H23N3O2. The van der Waals surface area contributed by atoms with Gasteiger partial charge >= 0.3 is 5.97 Å². The highest BCUT2D eigenvalue weighted by atomic mass is 16.6. The van der Waals surface area contributed by atoms with Crippen LogP contribution in [-0.2, 0) is 9.53 Å². The highest BCUT2D eigenvalue weighted by molar-refractivity contribution is 5.70. The van der Waals surface area contributed by atoms with Gasteiger partial charge in [0, 0.05) is 16.7 Å². The Hall–Kier alpha value is -1.22. The molecule has 1 aliphatic carbocycles. The van der Waals surface area contributed by atoms with Crippen LogP contribution in [0.3, 0.4) is 0 Å². The van der Waals surface area contributed by atoms with Crippen molar-refractivity contribution >= 4 is 5.97 Å². The molecule has 0 aliphatic heterocycles. The molecular weight excluding hydrogens is 230 g/mol. The van der Waals surface area contributed by atoms with Gasteiger partial charge in [0.15, 0.2) is 0 Å². The number of ether oxygens (including phenoxy) is 1. The predicted molar refractivity (Wildman–Crippen MR) is 70.0 cm³/mol. The lowest BCUT2D eigenvalue weighted by atomic mass is 9.96. The SMILES string of the molecule is CCCCC(N=[N+]=[N-])C1(OC(=O)CC)CC1(C)C. The highest BCUT2D eigenvalue weighted by Crippen LogP contribution is 2.62. The molecule has 2 atom stereocenters. The van der Waals surface area contributed by atoms with Crippen molar-refractivity contribution in [2.75, 3.05) is 0 Å². The Balaban J connectivity index is 2.88. The summed E-state index contributed by atoms with van der Waals surface area (Å²) in [6.45, 7) is 7.99. The normalized spacial score (nSPS) is 26.0. The van der Waals surface area contributed by atoms with Crippen molar-refractivity contribution in [3.63, 3.8) is 0 Å². The monoisotopic (exact) mass is 253 g/mol. The first-order valence-electron chi connectivity index (χ1n) is 6.69. The molecule has 0 aromatic carbocycles. The molecule has 1 fully saturated rings. The van der Waals surface area contributed by atoms with Gasteiger partial charge in [-0.05, 0) is 18.4 Å². The quantitative estimate of drug-likeness (QED) is 0.298. The van der Waals surface area contributed by atoms with Crippen LogP contribution in [0.1, 0.15) is 59.8 Å². The van der Waals surface area contributed by atoms with E-state index in [9.17, 15) is 4.79 Å². The van der Waals surface area contributed by atoms with E-state index in [1.807, 2.05) is 0 Å². The van der Waals surface area contributed by atoms with E-state index in [0.717, 1.165) is 25.7 Å². The Labute approximate surface area is 109 Å². The summed E-state index contributed by atoms with van der Waals surface area (Å²) in [6, 6.07) is -0.243. The molecule has 0 amide bonds. The van der Waals surface area contributed by atoms with Gasteiger partial charge in [-0.1, -0.05) is 45.7 Å². The molecule has 1 rings (SSSR count). The summed E-state index contributed by atoms with van der Waals surface area (Å²) in [6.07, 6.45) is 3.93. The van der Waals surface area contributed by atoms with Crippen molar-refractivity contribution in [2.24, 2.45) is 10.5 Å². The Bertz CT molecular complexity index is 361. The van der Waals surface area contributed by atoms with E-state index >= 15 is 0 Å². The van der Waals surface area contributed by atoms with Gasteiger partial charge in [-0.25, -0.2) is 0 Å². The Morgan fingerprint density at radius 3 is 2.50 bits per heavy atom. The number of azide groups is 1. The highest BCUT2D eigenvalue weighted by Gasteiger charge is 2.68. The van der Waals surface area contributed by atoms with Crippen molar-refractivity contribution in [1.82, 2.24) is 0 Å². The number of esters is 1. The lowest BCUT2D eigenvalue weighted by Gasteiger charge is -2.27. The second kappa shape index (κ2) is 5.61. The third-order valence-electron chi connectivity index (χ3n) is 3.87. The molecule has 0 aromatic rings. The van der Waals surface area contributed by atoms with Gasteiger partial charge in [0.1, 0.15) is 5.60 Å². The summed E-state index contributed by atoms with van der Waals surface area (Å²) < 4.78 is 5.62. The van der Waals surface area contributed by atoms with E-state index < -0.39 is 5.60 Å². The van der Waals surface area contributed by atoms with Crippen LogP contribution in [0.25, 0.3) is 10.4 Å². The molecule has 0 aromatic heterocycles. The smallest absolute Gasteiger partial charge is 0.306 e. The zero-order valence-corrected chi connectivity index (χ0v) is 11.8. The van der Waals surface area contributed by atoms with Gasteiger partial charge in [0.05, 0.1) is 6.04 Å². The van der Waals surface area contributed by atoms with Crippen LogP contribution in [0.5, 0.6) is 0 Å². The average Bonchev–Trinajstić information content (AvgIpc) is 2.87. The number of carbonyl (C=O) groups excluding carboxylic acids is 1. The zero-order valence-electron chi connectivity index (χ0n) is 11.8. The Morgan fingerprint density at radius 1 is 1.50 bits per heavy atom. The van der Waals surface area contributed by atoms with Crippen LogP contribution in [0, 0.1) is 5.41 Å². The fraction of sp³-hybridized carbons (Fsp3) is 0.923. The molecule has 0 bridgehead atoms. The first-order chi connectivity index (χ1) is 8.43. The maximum atomic E-state index is 11.6. The second-order valence-corrected chi connectivity index (χ2v) is 5.64. The summed E-state index contributed by atoms with van der Waals surface area (Å²) in [4.78, 5) is 14.5. The van der Waals surface area contributed by atoms with E-state index in [1.165, 1.54) is 0 Å². The second-order valence-electron chi connectivity index (χ2n) is 5.64. The minimum Gasteiger partial charge on any atom is -0.458 e. The van der Waals surface area contributed by atoms with Gasteiger partial charge in [-0.3, -0.25) is 4.79 Å². The van der Waals surface area contributed by atoms with Crippen LogP contribution in [0.15, 0.2) is 5.11 Å². The van der Waals surface area contributed by atoms with Crippen LogP contribution in [-0.4, -0.2) is 17.6 Å². The topological polar surface area (TPSA) is 75.1 Å². The van der Waals surface area contributed by atoms with Gasteiger partial charge < -0.3 is 4.74 Å². The number of hydrogen-bond donors (Lipinski definition) is 0. The van der Waals surface area contributed by atoms with E-state index in [2.05, 4.69) is 30.8 Å². The lowest BCUT2D eigenvalue weighted by Crippen LogP contribution is -2.36. The number of carbonyl (C=O) groups is 1. The number of nitrogens with zero attached hydrogens (tertiary/aromatic N) is 3. The summed E-state index contributed by atoms with van der Waals surface area (Å²) in [5, 5.41) is 3.88. The molecule has 0 spiro atoms. The van der Waals surface area contributed by atoms with E-state index in [0.29, 0.717) is 6.42 Å². The van der Waals surface area contributed by atoms with E-state index in [-0.39, 0.29) is 17.4 Å². The molecule has 5 nitrogen and oxygen atoms in total. The Kier molecular flexibility index (Phi) is 4.63. The minimum atomic E-state index is -0.582. The molecule has 5 heteroatoms. The third-order valence-corrected chi connectivity index (χ3v) is 3.87. The summed E-state index contributed by atoms with van der Waals surface area (Å²) >= 11 is 0. The van der Waals surface area contributed by atoms with Crippen molar-refractivity contribution in [3.8, 4) is 0 Å². The van der Waals surface area contributed by atoms with Gasteiger partial charge in [0.25, 0.3) is 0 Å². The number of unbranched alkanes of at least 4 members (excludes halogenated alkanes) is 1. The standard InChI is InChI=1S/C13H23N3O2/c1-5-7-8-10(15-16-14)13(9-12(13,3)4)18-11(17)6-2/h10H,5-9H2,1-4H3. The Morgan fingerprint density at radius 2 is 2.11 bits per heavy atom. The number of hydrogen-bond acceptors (Lipinski definition) is 3. The van der Waals surface area contributed by atoms with Crippen LogP contribution in [0.2, 0.25) is 0 Å². The average molecular weight is 253 g/mol. The first kappa shape index (κ1) is 14.8. The van der Waals surface area contributed by atoms with Gasteiger partial charge in [-0.15, -0.1) is 0 Å². The molecule has 2 unspecified atom stereocenters. The molecule has 102 valence electrons. The predicted octanol–water partition coefficient (Wildman–Crippen LogP) is 3.98. The van der Waals surface area contributed by atoms with Crippen molar-refractivity contribution in [3.05, 3.63) is 10.4 Å². The van der Waals surface area contributed by atoms with Gasteiger partial charge in [-0.2, -0.15) is 0 Å². The van der Waals surface area contributed by atoms with Crippen molar-refractivity contribution in [2.45, 2.75) is 71.4 Å². The molecule has 18 heavy (non-hydrogen) atoms. The molecule has 0 saturated heterocycles. The molecule has 1 saturated carbocycles. The van der Waals surface area contributed by atoms with Crippen LogP contribution >= 0.6 is 0 Å². The molecule has 1 aliphatic rings.